The van der Waals surface area contributed by atoms with Gasteiger partial charge in [-0.2, -0.15) is 5.10 Å². The van der Waals surface area contributed by atoms with Gasteiger partial charge in [0.2, 0.25) is 0 Å². The molecule has 0 aliphatic carbocycles. The summed E-state index contributed by atoms with van der Waals surface area (Å²) in [5.41, 5.74) is 1.50. The molecule has 2 heterocycles. The second-order valence-corrected chi connectivity index (χ2v) is 9.14. The van der Waals surface area contributed by atoms with Gasteiger partial charge in [-0.25, -0.2) is 0 Å². The van der Waals surface area contributed by atoms with E-state index in [4.69, 9.17) is 13.9 Å². The average Bonchev–Trinajstić information content (AvgIpc) is 3.55. The normalized spacial score (nSPS) is 15.6. The molecule has 0 radical (unpaired) electrons. The molecule has 190 valence electrons. The molecular formula is C29H23N3O5S. The predicted octanol–water partition coefficient (Wildman–Crippen LogP) is 6.29. The molecular weight excluding hydrogens is 502 g/mol. The number of phenolic OH excluding ortho intramolecular Hbond substituents is 1. The number of amidine groups is 1. The second kappa shape index (κ2) is 11.5. The number of furan rings is 1. The van der Waals surface area contributed by atoms with Gasteiger partial charge in [-0.3, -0.25) is 9.69 Å². The van der Waals surface area contributed by atoms with Gasteiger partial charge in [0.1, 0.15) is 17.3 Å². The van der Waals surface area contributed by atoms with E-state index in [-0.39, 0.29) is 18.2 Å². The van der Waals surface area contributed by atoms with Gasteiger partial charge in [-0.15, -0.1) is 5.10 Å². The first kappa shape index (κ1) is 24.9. The lowest BCUT2D eigenvalue weighted by Crippen LogP contribution is -2.28. The van der Waals surface area contributed by atoms with Crippen LogP contribution in [-0.2, 0) is 11.3 Å². The van der Waals surface area contributed by atoms with Gasteiger partial charge in [0.25, 0.3) is 5.91 Å². The van der Waals surface area contributed by atoms with Crippen LogP contribution in [0.15, 0.2) is 111 Å². The lowest BCUT2D eigenvalue weighted by molar-refractivity contribution is -0.122. The summed E-state index contributed by atoms with van der Waals surface area (Å²) in [4.78, 5) is 15.3. The molecule has 1 aliphatic rings. The molecule has 1 fully saturated rings. The molecule has 4 aromatic rings. The number of hydrogen-bond donors (Lipinski definition) is 1. The molecule has 1 aromatic heterocycles. The quantitative estimate of drug-likeness (QED) is 0.165. The summed E-state index contributed by atoms with van der Waals surface area (Å²) in [6.45, 7) is 0.212. The van der Waals surface area contributed by atoms with E-state index in [9.17, 15) is 9.90 Å². The number of carbonyl (C=O) groups is 1. The molecule has 1 amide bonds. The van der Waals surface area contributed by atoms with E-state index in [0.29, 0.717) is 32.9 Å². The van der Waals surface area contributed by atoms with Crippen LogP contribution in [-0.4, -0.2) is 34.4 Å². The van der Waals surface area contributed by atoms with Crippen LogP contribution >= 0.6 is 11.8 Å². The van der Waals surface area contributed by atoms with Gasteiger partial charge >= 0.3 is 0 Å². The zero-order valence-corrected chi connectivity index (χ0v) is 21.2. The largest absolute Gasteiger partial charge is 0.504 e. The van der Waals surface area contributed by atoms with Crippen molar-refractivity contribution < 1.29 is 23.8 Å². The van der Waals surface area contributed by atoms with Crippen LogP contribution in [0.25, 0.3) is 6.08 Å². The van der Waals surface area contributed by atoms with Crippen LogP contribution in [0.1, 0.15) is 16.9 Å². The summed E-state index contributed by atoms with van der Waals surface area (Å²) in [5, 5.41) is 18.9. The molecule has 1 aliphatic heterocycles. The van der Waals surface area contributed by atoms with Crippen LogP contribution in [0, 0.1) is 0 Å². The Morgan fingerprint density at radius 3 is 2.61 bits per heavy atom. The van der Waals surface area contributed by atoms with Crippen LogP contribution in [0.5, 0.6) is 23.0 Å². The Hall–Kier alpha value is -4.76. The number of para-hydroxylation sites is 1. The third-order valence-corrected chi connectivity index (χ3v) is 6.47. The van der Waals surface area contributed by atoms with E-state index in [2.05, 4.69) is 10.2 Å². The molecule has 0 saturated carbocycles. The number of ether oxygens (including phenoxy) is 2. The van der Waals surface area contributed by atoms with Crippen molar-refractivity contribution in [2.24, 2.45) is 10.2 Å². The maximum atomic E-state index is 13.3. The summed E-state index contributed by atoms with van der Waals surface area (Å²) in [7, 11) is 1.47. The number of hydrogen-bond acceptors (Lipinski definition) is 8. The standard InChI is InChI=1S/C29H23N3O5S/c1-35-26-16-20(12-13-25(26)33)17-27-28(34)32(19-24-11-6-14-36-24)29(38-27)31-30-18-21-7-5-10-23(15-21)37-22-8-3-2-4-9-22/h2-18,33H,19H2,1H3/b27-17-,30-18-,31-29+. The zero-order valence-electron chi connectivity index (χ0n) is 20.4. The van der Waals surface area contributed by atoms with Crippen LogP contribution in [0.3, 0.4) is 0 Å². The maximum Gasteiger partial charge on any atom is 0.267 e. The molecule has 1 saturated heterocycles. The van der Waals surface area contributed by atoms with Gasteiger partial charge < -0.3 is 19.0 Å². The Kier molecular flexibility index (Phi) is 7.56. The molecule has 1 N–H and O–H groups in total. The van der Waals surface area contributed by atoms with E-state index in [1.54, 1.807) is 42.8 Å². The Balaban J connectivity index is 1.38. The van der Waals surface area contributed by atoms with Gasteiger partial charge in [0.15, 0.2) is 16.7 Å². The molecule has 0 atom stereocenters. The highest BCUT2D eigenvalue weighted by Crippen LogP contribution is 2.35. The van der Waals surface area contributed by atoms with E-state index in [0.717, 1.165) is 11.3 Å². The van der Waals surface area contributed by atoms with E-state index >= 15 is 0 Å². The highest BCUT2D eigenvalue weighted by molar-refractivity contribution is 8.18. The summed E-state index contributed by atoms with van der Waals surface area (Å²) >= 11 is 1.21. The first-order valence-electron chi connectivity index (χ1n) is 11.6. The van der Waals surface area contributed by atoms with Crippen molar-refractivity contribution in [1.29, 1.82) is 0 Å². The number of carbonyl (C=O) groups excluding carboxylic acids is 1. The monoisotopic (exact) mass is 525 g/mol. The van der Waals surface area contributed by atoms with Crippen LogP contribution in [0.4, 0.5) is 0 Å². The zero-order chi connectivity index (χ0) is 26.3. The molecule has 0 spiro atoms. The Morgan fingerprint density at radius 1 is 0.974 bits per heavy atom. The van der Waals surface area contributed by atoms with Crippen molar-refractivity contribution in [3.05, 3.63) is 113 Å². The van der Waals surface area contributed by atoms with Crippen LogP contribution in [0.2, 0.25) is 0 Å². The van der Waals surface area contributed by atoms with Crippen LogP contribution < -0.4 is 9.47 Å². The molecule has 9 heteroatoms. The van der Waals surface area contributed by atoms with Gasteiger partial charge in [-0.05, 0) is 77.5 Å². The van der Waals surface area contributed by atoms with Gasteiger partial charge in [0, 0.05) is 0 Å². The predicted molar refractivity (Wildman–Crippen MR) is 147 cm³/mol. The summed E-state index contributed by atoms with van der Waals surface area (Å²) in [6.07, 6.45) is 4.89. The van der Waals surface area contributed by atoms with E-state index < -0.39 is 0 Å². The number of rotatable bonds is 8. The number of aromatic hydroxyl groups is 1. The lowest BCUT2D eigenvalue weighted by atomic mass is 10.2. The molecule has 5 rings (SSSR count). The Morgan fingerprint density at radius 2 is 1.82 bits per heavy atom. The first-order valence-corrected chi connectivity index (χ1v) is 12.5. The molecule has 0 unspecified atom stereocenters. The molecule has 8 nitrogen and oxygen atoms in total. The fourth-order valence-electron chi connectivity index (χ4n) is 3.64. The molecule has 38 heavy (non-hydrogen) atoms. The maximum absolute atomic E-state index is 13.3. The van der Waals surface area contributed by atoms with Crippen molar-refractivity contribution in [3.8, 4) is 23.0 Å². The second-order valence-electron chi connectivity index (χ2n) is 8.13. The van der Waals surface area contributed by atoms with E-state index in [1.807, 2.05) is 54.6 Å². The highest BCUT2D eigenvalue weighted by atomic mass is 32.2. The number of methoxy groups -OCH3 is 1. The topological polar surface area (TPSA) is 96.9 Å². The summed E-state index contributed by atoms with van der Waals surface area (Å²) < 4.78 is 16.5. The average molecular weight is 526 g/mol. The minimum absolute atomic E-state index is 0.0225. The van der Waals surface area contributed by atoms with Crippen molar-refractivity contribution >= 4 is 35.1 Å². The first-order chi connectivity index (χ1) is 18.6. The van der Waals surface area contributed by atoms with Gasteiger partial charge in [-0.1, -0.05) is 36.4 Å². The summed E-state index contributed by atoms with van der Waals surface area (Å²) in [5.74, 6) is 2.14. The highest BCUT2D eigenvalue weighted by Gasteiger charge is 2.34. The minimum Gasteiger partial charge on any atom is -0.504 e. The lowest BCUT2D eigenvalue weighted by Gasteiger charge is -2.12. The fourth-order valence-corrected chi connectivity index (χ4v) is 4.58. The molecule has 3 aromatic carbocycles. The minimum atomic E-state index is -0.231. The molecule has 0 bridgehead atoms. The van der Waals surface area contributed by atoms with Gasteiger partial charge in [0.05, 0.1) is 31.0 Å². The van der Waals surface area contributed by atoms with Crippen molar-refractivity contribution in [2.45, 2.75) is 6.54 Å². The number of nitrogens with zero attached hydrogens (tertiary/aromatic N) is 3. The Bertz CT molecular complexity index is 1510. The number of benzene rings is 3. The SMILES string of the molecule is COc1cc(/C=C2\S/C(=N/N=C\c3cccc(Oc4ccccc4)c3)N(Cc3ccco3)C2=O)ccc1O. The number of amides is 1. The smallest absolute Gasteiger partial charge is 0.267 e. The third kappa shape index (κ3) is 5.96. The summed E-state index contributed by atoms with van der Waals surface area (Å²) in [6, 6.07) is 25.4. The van der Waals surface area contributed by atoms with Crippen molar-refractivity contribution in [2.75, 3.05) is 7.11 Å². The fraction of sp³-hybridized carbons (Fsp3) is 0.0690. The van der Waals surface area contributed by atoms with Crippen molar-refractivity contribution in [3.63, 3.8) is 0 Å². The van der Waals surface area contributed by atoms with E-state index in [1.165, 1.54) is 29.8 Å². The Labute approximate surface area is 223 Å². The number of thioether (sulfide) groups is 1. The third-order valence-electron chi connectivity index (χ3n) is 5.47. The number of phenols is 1. The van der Waals surface area contributed by atoms with Crippen molar-refractivity contribution in [1.82, 2.24) is 4.90 Å².